The number of benzene rings is 1. The van der Waals surface area contributed by atoms with Crippen LogP contribution in [-0.4, -0.2) is 41.1 Å². The summed E-state index contributed by atoms with van der Waals surface area (Å²) in [5.74, 6) is 6.38. The fourth-order valence-electron chi connectivity index (χ4n) is 2.68. The molecule has 3 rings (SSSR count). The highest BCUT2D eigenvalue weighted by molar-refractivity contribution is 5.84. The molecule has 0 amide bonds. The minimum absolute atomic E-state index is 0.377. The van der Waals surface area contributed by atoms with Crippen molar-refractivity contribution in [2.75, 3.05) is 31.7 Å². The Kier molecular flexibility index (Phi) is 4.47. The average molecular weight is 287 g/mol. The number of para-hydroxylation sites is 1. The van der Waals surface area contributed by atoms with E-state index in [-0.39, 0.29) is 0 Å². The van der Waals surface area contributed by atoms with Gasteiger partial charge in [-0.1, -0.05) is 18.6 Å². The summed E-state index contributed by atoms with van der Waals surface area (Å²) in [6.45, 7) is 3.90. The van der Waals surface area contributed by atoms with Crippen LogP contribution in [0.25, 0.3) is 10.9 Å². The van der Waals surface area contributed by atoms with E-state index in [1.54, 1.807) is 0 Å². The van der Waals surface area contributed by atoms with E-state index in [1.807, 2.05) is 24.3 Å². The zero-order chi connectivity index (χ0) is 14.5. The van der Waals surface area contributed by atoms with Crippen LogP contribution in [0.2, 0.25) is 0 Å². The fraction of sp³-hybridized carbons (Fsp3) is 0.467. The normalized spacial score (nSPS) is 16.0. The number of fused-ring (bicyclic) bond motifs is 1. The first-order valence-electron chi connectivity index (χ1n) is 7.45. The highest BCUT2D eigenvalue weighted by atomic mass is 16.5. The number of rotatable bonds is 5. The lowest BCUT2D eigenvalue weighted by molar-refractivity contribution is 0.181. The summed E-state index contributed by atoms with van der Waals surface area (Å²) in [5.41, 5.74) is 3.31. The van der Waals surface area contributed by atoms with Gasteiger partial charge in [0.15, 0.2) is 0 Å². The van der Waals surface area contributed by atoms with Gasteiger partial charge in [-0.25, -0.2) is 10.8 Å². The number of aromatic nitrogens is 2. The van der Waals surface area contributed by atoms with Crippen molar-refractivity contribution in [3.63, 3.8) is 0 Å². The van der Waals surface area contributed by atoms with E-state index < -0.39 is 0 Å². The first kappa shape index (κ1) is 14.0. The second-order valence-corrected chi connectivity index (χ2v) is 5.26. The van der Waals surface area contributed by atoms with Crippen molar-refractivity contribution in [2.45, 2.75) is 19.3 Å². The number of ether oxygens (including phenoxy) is 1. The number of hydrogen-bond donors (Lipinski definition) is 2. The molecule has 1 saturated heterocycles. The second-order valence-electron chi connectivity index (χ2n) is 5.26. The van der Waals surface area contributed by atoms with Crippen LogP contribution >= 0.6 is 0 Å². The lowest BCUT2D eigenvalue weighted by atomic mass is 10.1. The molecule has 2 aromatic rings. The molecule has 21 heavy (non-hydrogen) atoms. The summed E-state index contributed by atoms with van der Waals surface area (Å²) in [5, 5.41) is 0.912. The van der Waals surface area contributed by atoms with Gasteiger partial charge in [0.2, 0.25) is 11.8 Å². The molecule has 6 nitrogen and oxygen atoms in total. The fourth-order valence-corrected chi connectivity index (χ4v) is 2.68. The SMILES string of the molecule is NNc1nc(OCCN2CCCCC2)c2ccccc2n1. The number of nitrogen functional groups attached to an aromatic ring is 1. The Morgan fingerprint density at radius 2 is 1.95 bits per heavy atom. The Morgan fingerprint density at radius 1 is 1.14 bits per heavy atom. The Bertz CT molecular complexity index is 598. The summed E-state index contributed by atoms with van der Waals surface area (Å²) in [4.78, 5) is 11.1. The number of hydrazine groups is 1. The molecule has 112 valence electrons. The van der Waals surface area contributed by atoms with Crippen molar-refractivity contribution < 1.29 is 4.74 Å². The molecule has 0 bridgehead atoms. The van der Waals surface area contributed by atoms with Crippen LogP contribution in [0.5, 0.6) is 5.88 Å². The van der Waals surface area contributed by atoms with E-state index in [2.05, 4.69) is 20.3 Å². The molecular weight excluding hydrogens is 266 g/mol. The maximum Gasteiger partial charge on any atom is 0.241 e. The molecule has 1 aromatic carbocycles. The highest BCUT2D eigenvalue weighted by Gasteiger charge is 2.11. The van der Waals surface area contributed by atoms with Gasteiger partial charge in [0, 0.05) is 6.54 Å². The molecule has 0 aliphatic carbocycles. The van der Waals surface area contributed by atoms with Gasteiger partial charge in [0.1, 0.15) is 6.61 Å². The molecule has 0 unspecified atom stereocenters. The summed E-state index contributed by atoms with van der Waals surface area (Å²) >= 11 is 0. The average Bonchev–Trinajstić information content (AvgIpc) is 2.55. The summed E-state index contributed by atoms with van der Waals surface area (Å²) in [6, 6.07) is 7.78. The number of nitrogens with one attached hydrogen (secondary N) is 1. The Morgan fingerprint density at radius 3 is 2.76 bits per heavy atom. The molecule has 1 fully saturated rings. The number of likely N-dealkylation sites (tertiary alicyclic amines) is 1. The zero-order valence-corrected chi connectivity index (χ0v) is 12.1. The van der Waals surface area contributed by atoms with Gasteiger partial charge in [-0.15, -0.1) is 0 Å². The zero-order valence-electron chi connectivity index (χ0n) is 12.1. The quantitative estimate of drug-likeness (QED) is 0.645. The lowest BCUT2D eigenvalue weighted by Gasteiger charge is -2.26. The first-order chi connectivity index (χ1) is 10.4. The lowest BCUT2D eigenvalue weighted by Crippen LogP contribution is -2.33. The smallest absolute Gasteiger partial charge is 0.241 e. The second kappa shape index (κ2) is 6.69. The van der Waals surface area contributed by atoms with E-state index in [0.29, 0.717) is 18.4 Å². The van der Waals surface area contributed by atoms with Crippen LogP contribution in [0.4, 0.5) is 5.95 Å². The largest absolute Gasteiger partial charge is 0.476 e. The molecule has 6 heteroatoms. The van der Waals surface area contributed by atoms with E-state index in [1.165, 1.54) is 32.4 Å². The van der Waals surface area contributed by atoms with Crippen molar-refractivity contribution in [1.82, 2.24) is 14.9 Å². The van der Waals surface area contributed by atoms with E-state index in [0.717, 1.165) is 17.4 Å². The molecule has 0 radical (unpaired) electrons. The molecule has 0 atom stereocenters. The van der Waals surface area contributed by atoms with E-state index >= 15 is 0 Å². The van der Waals surface area contributed by atoms with Crippen LogP contribution in [0.3, 0.4) is 0 Å². The number of piperidine rings is 1. The van der Waals surface area contributed by atoms with Gasteiger partial charge in [-0.3, -0.25) is 10.3 Å². The van der Waals surface area contributed by atoms with Crippen molar-refractivity contribution in [2.24, 2.45) is 5.84 Å². The van der Waals surface area contributed by atoms with Crippen LogP contribution < -0.4 is 16.0 Å². The molecule has 1 aliphatic heterocycles. The predicted molar refractivity (Wildman–Crippen MR) is 83.1 cm³/mol. The number of anilines is 1. The molecule has 2 heterocycles. The van der Waals surface area contributed by atoms with Crippen LogP contribution in [-0.2, 0) is 0 Å². The first-order valence-corrected chi connectivity index (χ1v) is 7.45. The molecule has 1 aromatic heterocycles. The Hall–Kier alpha value is -1.92. The van der Waals surface area contributed by atoms with Crippen molar-refractivity contribution in [1.29, 1.82) is 0 Å². The van der Waals surface area contributed by atoms with Crippen LogP contribution in [0.1, 0.15) is 19.3 Å². The number of nitrogens with two attached hydrogens (primary N) is 1. The monoisotopic (exact) mass is 287 g/mol. The summed E-state index contributed by atoms with van der Waals surface area (Å²) < 4.78 is 5.88. The molecule has 0 spiro atoms. The summed E-state index contributed by atoms with van der Waals surface area (Å²) in [7, 11) is 0. The van der Waals surface area contributed by atoms with Crippen molar-refractivity contribution >= 4 is 16.9 Å². The third kappa shape index (κ3) is 3.40. The maximum atomic E-state index is 5.88. The standard InChI is InChI=1S/C15H21N5O/c16-19-15-17-13-7-3-2-6-12(13)14(18-15)21-11-10-20-8-4-1-5-9-20/h2-3,6-7H,1,4-5,8-11,16H2,(H,17,18,19). The molecular formula is C15H21N5O. The minimum atomic E-state index is 0.377. The van der Waals surface area contributed by atoms with Gasteiger partial charge in [0.05, 0.1) is 10.9 Å². The highest BCUT2D eigenvalue weighted by Crippen LogP contribution is 2.23. The van der Waals surface area contributed by atoms with Gasteiger partial charge >= 0.3 is 0 Å². The molecule has 1 aliphatic rings. The topological polar surface area (TPSA) is 76.3 Å². The third-order valence-electron chi connectivity index (χ3n) is 3.79. The Labute approximate surface area is 124 Å². The van der Waals surface area contributed by atoms with Gasteiger partial charge in [-0.05, 0) is 38.1 Å². The van der Waals surface area contributed by atoms with E-state index in [9.17, 15) is 0 Å². The number of nitrogens with zero attached hydrogens (tertiary/aromatic N) is 3. The van der Waals surface area contributed by atoms with Gasteiger partial charge in [-0.2, -0.15) is 4.98 Å². The number of hydrogen-bond acceptors (Lipinski definition) is 6. The van der Waals surface area contributed by atoms with E-state index in [4.69, 9.17) is 10.6 Å². The maximum absolute atomic E-state index is 5.88. The van der Waals surface area contributed by atoms with Gasteiger partial charge < -0.3 is 4.74 Å². The summed E-state index contributed by atoms with van der Waals surface area (Å²) in [6.07, 6.45) is 3.93. The van der Waals surface area contributed by atoms with Crippen LogP contribution in [0, 0.1) is 0 Å². The molecule has 0 saturated carbocycles. The van der Waals surface area contributed by atoms with Crippen LogP contribution in [0.15, 0.2) is 24.3 Å². The molecule has 3 N–H and O–H groups in total. The predicted octanol–water partition coefficient (Wildman–Crippen LogP) is 1.78. The third-order valence-corrected chi connectivity index (χ3v) is 3.79. The van der Waals surface area contributed by atoms with Crippen molar-refractivity contribution in [3.8, 4) is 5.88 Å². The van der Waals surface area contributed by atoms with Crippen molar-refractivity contribution in [3.05, 3.63) is 24.3 Å². The minimum Gasteiger partial charge on any atom is -0.476 e. The van der Waals surface area contributed by atoms with Gasteiger partial charge in [0.25, 0.3) is 0 Å². The Balaban J connectivity index is 1.70.